The second kappa shape index (κ2) is 9.56. The van der Waals surface area contributed by atoms with Crippen molar-refractivity contribution in [3.63, 3.8) is 0 Å². The molecule has 0 radical (unpaired) electrons. The van der Waals surface area contributed by atoms with Gasteiger partial charge >= 0.3 is 0 Å². The number of nitriles is 1. The molecule has 0 aliphatic heterocycles. The number of allylic oxidation sites excluding steroid dienone is 3. The summed E-state index contributed by atoms with van der Waals surface area (Å²) in [6.07, 6.45) is 9.67. The molecule has 2 aliphatic rings. The Bertz CT molecular complexity index is 1610. The first-order valence-corrected chi connectivity index (χ1v) is 13.6. The molecule has 0 saturated heterocycles. The van der Waals surface area contributed by atoms with E-state index < -0.39 is 32.0 Å². The summed E-state index contributed by atoms with van der Waals surface area (Å²) in [5.41, 5.74) is -0.727. The number of pyridine rings is 1. The summed E-state index contributed by atoms with van der Waals surface area (Å²) in [4.78, 5) is 12.7. The molecule has 0 aromatic carbocycles. The Kier molecular flexibility index (Phi) is 6.53. The standard InChI is InChI=1S/C26H26F2N6O3S/c1-25(8-2-5-17(27)13-25)38(36,37)34-16-20(19-7-4-12-30-24(19)34)22-31-15-21(28)23(33-22)32-18-6-3-9-26(35,14-18)10-11-29/h2,4-5,7,12-13,15-16,18,35H,3,6,8-10,14H2,1H3,(H,31,32,33)/t18-,25?,26+/m0/s1. The van der Waals surface area contributed by atoms with Gasteiger partial charge in [-0.2, -0.15) is 5.26 Å². The van der Waals surface area contributed by atoms with Gasteiger partial charge in [-0.25, -0.2) is 36.1 Å². The molecule has 1 saturated carbocycles. The Morgan fingerprint density at radius 2 is 2.16 bits per heavy atom. The van der Waals surface area contributed by atoms with E-state index in [1.165, 1.54) is 31.5 Å². The zero-order valence-electron chi connectivity index (χ0n) is 20.6. The third-order valence-electron chi connectivity index (χ3n) is 7.18. The second-order valence-electron chi connectivity index (χ2n) is 10.1. The minimum atomic E-state index is -4.18. The van der Waals surface area contributed by atoms with Crippen LogP contribution in [0.15, 0.2) is 54.8 Å². The first-order valence-electron chi connectivity index (χ1n) is 12.2. The van der Waals surface area contributed by atoms with Gasteiger partial charge in [-0.05, 0) is 63.3 Å². The van der Waals surface area contributed by atoms with E-state index in [9.17, 15) is 22.3 Å². The average Bonchev–Trinajstić information content (AvgIpc) is 3.26. The van der Waals surface area contributed by atoms with Gasteiger partial charge in [-0.1, -0.05) is 6.08 Å². The van der Waals surface area contributed by atoms with Gasteiger partial charge in [0.1, 0.15) is 10.6 Å². The van der Waals surface area contributed by atoms with E-state index in [0.29, 0.717) is 30.2 Å². The average molecular weight is 541 g/mol. The van der Waals surface area contributed by atoms with Crippen LogP contribution in [-0.4, -0.2) is 48.8 Å². The Balaban J connectivity index is 1.54. The molecule has 3 heterocycles. The number of aliphatic hydroxyl groups is 1. The molecule has 2 N–H and O–H groups in total. The number of aromatic nitrogens is 4. The highest BCUT2D eigenvalue weighted by molar-refractivity contribution is 7.91. The van der Waals surface area contributed by atoms with Crippen LogP contribution in [0.5, 0.6) is 0 Å². The van der Waals surface area contributed by atoms with Gasteiger partial charge in [0.05, 0.1) is 24.3 Å². The number of rotatable bonds is 6. The monoisotopic (exact) mass is 540 g/mol. The lowest BCUT2D eigenvalue weighted by atomic mass is 9.80. The number of nitrogens with zero attached hydrogens (tertiary/aromatic N) is 5. The highest BCUT2D eigenvalue weighted by Gasteiger charge is 2.41. The SMILES string of the molecule is CC1(S(=O)(=O)n2cc(-c3ncc(F)c(N[C@H]4CCC[C@@](O)(CC#N)C4)n3)c3cccnc32)C=C(F)C=CC1. The van der Waals surface area contributed by atoms with Crippen molar-refractivity contribution in [1.29, 1.82) is 5.26 Å². The molecule has 0 bridgehead atoms. The lowest BCUT2D eigenvalue weighted by Gasteiger charge is -2.35. The number of hydrogen-bond donors (Lipinski definition) is 2. The summed E-state index contributed by atoms with van der Waals surface area (Å²) in [5, 5.41) is 23.2. The molecule has 0 amide bonds. The van der Waals surface area contributed by atoms with E-state index in [2.05, 4.69) is 20.3 Å². The lowest BCUT2D eigenvalue weighted by Crippen LogP contribution is -2.40. The minimum Gasteiger partial charge on any atom is -0.389 e. The van der Waals surface area contributed by atoms with E-state index >= 15 is 0 Å². The van der Waals surface area contributed by atoms with E-state index in [0.717, 1.165) is 16.2 Å². The van der Waals surface area contributed by atoms with Gasteiger partial charge < -0.3 is 10.4 Å². The van der Waals surface area contributed by atoms with Gasteiger partial charge in [-0.3, -0.25) is 0 Å². The summed E-state index contributed by atoms with van der Waals surface area (Å²) in [7, 11) is -4.18. The second-order valence-corrected chi connectivity index (χ2v) is 12.3. The molecule has 3 aromatic rings. The fourth-order valence-corrected chi connectivity index (χ4v) is 6.80. The van der Waals surface area contributed by atoms with Crippen LogP contribution in [0.4, 0.5) is 14.6 Å². The minimum absolute atomic E-state index is 0.0164. The molecular formula is C26H26F2N6O3S. The normalized spacial score (nSPS) is 25.7. The Labute approximate surface area is 218 Å². The summed E-state index contributed by atoms with van der Waals surface area (Å²) in [6.45, 7) is 1.44. The molecule has 0 spiro atoms. The lowest BCUT2D eigenvalue weighted by molar-refractivity contribution is 0.00444. The smallest absolute Gasteiger partial charge is 0.249 e. The fourth-order valence-electron chi connectivity index (χ4n) is 5.16. The van der Waals surface area contributed by atoms with Crippen molar-refractivity contribution in [3.8, 4) is 17.5 Å². The van der Waals surface area contributed by atoms with Crippen molar-refractivity contribution in [2.45, 2.75) is 61.8 Å². The molecular weight excluding hydrogens is 514 g/mol. The summed E-state index contributed by atoms with van der Waals surface area (Å²) in [6, 6.07) is 4.98. The van der Waals surface area contributed by atoms with E-state index in [-0.39, 0.29) is 42.6 Å². The number of nitrogens with one attached hydrogen (secondary N) is 1. The molecule has 9 nitrogen and oxygen atoms in total. The Morgan fingerprint density at radius 3 is 2.92 bits per heavy atom. The molecule has 3 atom stereocenters. The predicted molar refractivity (Wildman–Crippen MR) is 137 cm³/mol. The van der Waals surface area contributed by atoms with Crippen molar-refractivity contribution in [2.75, 3.05) is 5.32 Å². The fraction of sp³-hybridized carbons (Fsp3) is 0.385. The summed E-state index contributed by atoms with van der Waals surface area (Å²) < 4.78 is 55.7. The molecule has 1 unspecified atom stereocenters. The highest BCUT2D eigenvalue weighted by atomic mass is 32.2. The topological polar surface area (TPSA) is 134 Å². The Morgan fingerprint density at radius 1 is 1.34 bits per heavy atom. The van der Waals surface area contributed by atoms with Gasteiger partial charge in [0.25, 0.3) is 0 Å². The van der Waals surface area contributed by atoms with Crippen LogP contribution in [0.1, 0.15) is 45.4 Å². The number of anilines is 1. The van der Waals surface area contributed by atoms with Crippen molar-refractivity contribution in [1.82, 2.24) is 18.9 Å². The zero-order valence-corrected chi connectivity index (χ0v) is 21.4. The first kappa shape index (κ1) is 25.9. The van der Waals surface area contributed by atoms with Crippen LogP contribution < -0.4 is 5.32 Å². The van der Waals surface area contributed by atoms with Crippen LogP contribution in [-0.2, 0) is 10.0 Å². The van der Waals surface area contributed by atoms with Crippen LogP contribution in [0.2, 0.25) is 0 Å². The molecule has 1 fully saturated rings. The van der Waals surface area contributed by atoms with Crippen molar-refractivity contribution >= 4 is 26.9 Å². The van der Waals surface area contributed by atoms with Gasteiger partial charge in [-0.15, -0.1) is 0 Å². The molecule has 198 valence electrons. The van der Waals surface area contributed by atoms with Crippen LogP contribution in [0.25, 0.3) is 22.4 Å². The number of hydrogen-bond acceptors (Lipinski definition) is 8. The largest absolute Gasteiger partial charge is 0.389 e. The first-order chi connectivity index (χ1) is 18.1. The molecule has 12 heteroatoms. The highest BCUT2D eigenvalue weighted by Crippen LogP contribution is 2.37. The van der Waals surface area contributed by atoms with Gasteiger partial charge in [0.2, 0.25) is 10.0 Å². The van der Waals surface area contributed by atoms with Crippen LogP contribution in [0, 0.1) is 17.1 Å². The molecule has 3 aromatic heterocycles. The maximum Gasteiger partial charge on any atom is 0.249 e. The van der Waals surface area contributed by atoms with Crippen molar-refractivity contribution in [3.05, 3.63) is 60.6 Å². The predicted octanol–water partition coefficient (Wildman–Crippen LogP) is 4.38. The Hall–Kier alpha value is -3.69. The van der Waals surface area contributed by atoms with Crippen molar-refractivity contribution < 1.29 is 22.3 Å². The quantitative estimate of drug-likeness (QED) is 0.471. The third-order valence-corrected chi connectivity index (χ3v) is 9.44. The molecule has 38 heavy (non-hydrogen) atoms. The maximum atomic E-state index is 14.8. The van der Waals surface area contributed by atoms with E-state index in [1.807, 2.05) is 6.07 Å². The summed E-state index contributed by atoms with van der Waals surface area (Å²) >= 11 is 0. The number of halogens is 2. The third kappa shape index (κ3) is 4.56. The maximum absolute atomic E-state index is 14.8. The van der Waals surface area contributed by atoms with E-state index in [4.69, 9.17) is 5.26 Å². The summed E-state index contributed by atoms with van der Waals surface area (Å²) in [5.74, 6) is -1.38. The van der Waals surface area contributed by atoms with Crippen LogP contribution in [0.3, 0.4) is 0 Å². The van der Waals surface area contributed by atoms with E-state index in [1.54, 1.807) is 12.1 Å². The molecule has 5 rings (SSSR count). The molecule has 2 aliphatic carbocycles. The van der Waals surface area contributed by atoms with Crippen LogP contribution >= 0.6 is 0 Å². The number of fused-ring (bicyclic) bond motifs is 1. The zero-order chi connectivity index (χ0) is 27.1. The van der Waals surface area contributed by atoms with Gasteiger partial charge in [0.15, 0.2) is 23.1 Å². The van der Waals surface area contributed by atoms with Crippen molar-refractivity contribution in [2.24, 2.45) is 0 Å². The van der Waals surface area contributed by atoms with Gasteiger partial charge in [0, 0.05) is 29.4 Å².